The minimum absolute atomic E-state index is 0.0956. The van der Waals surface area contributed by atoms with Gasteiger partial charge in [-0.1, -0.05) is 23.7 Å². The van der Waals surface area contributed by atoms with Gasteiger partial charge in [0.05, 0.1) is 11.5 Å². The van der Waals surface area contributed by atoms with Gasteiger partial charge in [-0.15, -0.1) is 0 Å². The van der Waals surface area contributed by atoms with E-state index in [-0.39, 0.29) is 29.4 Å². The molecule has 26 heavy (non-hydrogen) atoms. The molecule has 0 aliphatic carbocycles. The fraction of sp³-hybridized carbons (Fsp3) is 0.444. The lowest BCUT2D eigenvalue weighted by atomic mass is 10.1. The monoisotopic (exact) mass is 398 g/mol. The molecule has 0 bridgehead atoms. The van der Waals surface area contributed by atoms with Crippen molar-refractivity contribution in [1.82, 2.24) is 10.2 Å². The Morgan fingerprint density at radius 2 is 1.96 bits per heavy atom. The number of benzene rings is 1. The summed E-state index contributed by atoms with van der Waals surface area (Å²) < 4.78 is 23.0. The summed E-state index contributed by atoms with van der Waals surface area (Å²) in [5.41, 5.74) is 0.784. The van der Waals surface area contributed by atoms with Gasteiger partial charge in [0.1, 0.15) is 15.9 Å². The second-order valence-corrected chi connectivity index (χ2v) is 9.19. The van der Waals surface area contributed by atoms with Crippen LogP contribution in [0.15, 0.2) is 30.3 Å². The van der Waals surface area contributed by atoms with Crippen LogP contribution in [-0.4, -0.2) is 55.8 Å². The van der Waals surface area contributed by atoms with E-state index in [1.54, 1.807) is 43.1 Å². The van der Waals surface area contributed by atoms with Crippen molar-refractivity contribution in [3.63, 3.8) is 0 Å². The van der Waals surface area contributed by atoms with Gasteiger partial charge in [-0.25, -0.2) is 8.42 Å². The number of nitrogens with zero attached hydrogens (tertiary/aromatic N) is 1. The highest BCUT2D eigenvalue weighted by Gasteiger charge is 2.30. The number of halogens is 1. The van der Waals surface area contributed by atoms with Gasteiger partial charge in [-0.3, -0.25) is 9.59 Å². The number of carbonyl (C=O) groups is 2. The SMILES string of the molecule is C[C@@H](NC(=O)/C=C/c1cccc(Cl)c1)C(=O)N(C)C1CCS(=O)(=O)CC1. The fourth-order valence-corrected chi connectivity index (χ4v) is 4.52. The Labute approximate surface area is 159 Å². The first-order chi connectivity index (χ1) is 12.2. The van der Waals surface area contributed by atoms with Crippen LogP contribution in [0.5, 0.6) is 0 Å². The zero-order valence-corrected chi connectivity index (χ0v) is 16.4. The number of nitrogens with one attached hydrogen (secondary N) is 1. The van der Waals surface area contributed by atoms with E-state index in [4.69, 9.17) is 11.6 Å². The minimum Gasteiger partial charge on any atom is -0.341 e. The lowest BCUT2D eigenvalue weighted by Crippen LogP contribution is -2.50. The van der Waals surface area contributed by atoms with Crippen LogP contribution in [0.3, 0.4) is 0 Å². The Balaban J connectivity index is 1.88. The van der Waals surface area contributed by atoms with Crippen molar-refractivity contribution in [2.45, 2.75) is 31.8 Å². The molecule has 1 aromatic carbocycles. The first kappa shape index (κ1) is 20.5. The van der Waals surface area contributed by atoms with Crippen LogP contribution in [0.25, 0.3) is 6.08 Å². The van der Waals surface area contributed by atoms with Crippen molar-refractivity contribution >= 4 is 39.3 Å². The Morgan fingerprint density at radius 1 is 1.31 bits per heavy atom. The van der Waals surface area contributed by atoms with E-state index in [9.17, 15) is 18.0 Å². The predicted octanol–water partition coefficient (Wildman–Crippen LogP) is 1.89. The Bertz CT molecular complexity index is 793. The van der Waals surface area contributed by atoms with Gasteiger partial charge in [0.2, 0.25) is 11.8 Å². The molecule has 0 radical (unpaired) electrons. The van der Waals surface area contributed by atoms with Gasteiger partial charge in [-0.2, -0.15) is 0 Å². The van der Waals surface area contributed by atoms with E-state index in [2.05, 4.69) is 5.32 Å². The number of carbonyl (C=O) groups excluding carboxylic acids is 2. The molecule has 1 atom stereocenters. The van der Waals surface area contributed by atoms with Crippen LogP contribution in [-0.2, 0) is 19.4 Å². The summed E-state index contributed by atoms with van der Waals surface area (Å²) in [6.45, 7) is 1.61. The van der Waals surface area contributed by atoms with E-state index >= 15 is 0 Å². The minimum atomic E-state index is -2.98. The van der Waals surface area contributed by atoms with Crippen LogP contribution < -0.4 is 5.32 Å². The van der Waals surface area contributed by atoms with Crippen LogP contribution in [0.4, 0.5) is 0 Å². The Kier molecular flexibility index (Phi) is 6.83. The van der Waals surface area contributed by atoms with Crippen LogP contribution in [0.2, 0.25) is 5.02 Å². The van der Waals surface area contributed by atoms with Gasteiger partial charge in [0, 0.05) is 24.2 Å². The lowest BCUT2D eigenvalue weighted by molar-refractivity contribution is -0.136. The normalized spacial score (nSPS) is 18.4. The number of hydrogen-bond donors (Lipinski definition) is 1. The van der Waals surface area contributed by atoms with E-state index in [1.807, 2.05) is 6.07 Å². The third kappa shape index (κ3) is 5.85. The molecule has 142 valence electrons. The summed E-state index contributed by atoms with van der Waals surface area (Å²) in [5, 5.41) is 3.21. The van der Waals surface area contributed by atoms with Crippen LogP contribution in [0.1, 0.15) is 25.3 Å². The first-order valence-corrected chi connectivity index (χ1v) is 10.6. The van der Waals surface area contributed by atoms with Crippen molar-refractivity contribution in [3.8, 4) is 0 Å². The summed E-state index contributed by atoms with van der Waals surface area (Å²) in [5.74, 6) is -0.430. The molecule has 6 nitrogen and oxygen atoms in total. The highest BCUT2D eigenvalue weighted by Crippen LogP contribution is 2.17. The average Bonchev–Trinajstić information content (AvgIpc) is 2.58. The molecule has 1 aromatic rings. The molecule has 1 heterocycles. The molecule has 1 N–H and O–H groups in total. The highest BCUT2D eigenvalue weighted by atomic mass is 35.5. The second kappa shape index (κ2) is 8.68. The summed E-state index contributed by atoms with van der Waals surface area (Å²) in [6.07, 6.45) is 3.83. The quantitative estimate of drug-likeness (QED) is 0.768. The molecule has 2 amide bonds. The number of amides is 2. The van der Waals surface area contributed by atoms with Gasteiger partial charge in [0.25, 0.3) is 0 Å². The largest absolute Gasteiger partial charge is 0.341 e. The molecule has 0 saturated carbocycles. The third-order valence-corrected chi connectivity index (χ3v) is 6.38. The average molecular weight is 399 g/mol. The molecular weight excluding hydrogens is 376 g/mol. The molecule has 0 unspecified atom stereocenters. The molecule has 2 rings (SSSR count). The lowest BCUT2D eigenvalue weighted by Gasteiger charge is -2.32. The maximum absolute atomic E-state index is 12.5. The smallest absolute Gasteiger partial charge is 0.244 e. The molecule has 0 spiro atoms. The third-order valence-electron chi connectivity index (χ3n) is 4.42. The molecule has 1 fully saturated rings. The van der Waals surface area contributed by atoms with E-state index in [1.165, 1.54) is 6.08 Å². The Morgan fingerprint density at radius 3 is 2.58 bits per heavy atom. The van der Waals surface area contributed by atoms with Crippen LogP contribution in [0, 0.1) is 0 Å². The number of sulfone groups is 1. The zero-order valence-electron chi connectivity index (χ0n) is 14.8. The summed E-state index contributed by atoms with van der Waals surface area (Å²) in [6, 6.07) is 6.25. The fourth-order valence-electron chi connectivity index (χ4n) is 2.86. The van der Waals surface area contributed by atoms with E-state index < -0.39 is 15.9 Å². The van der Waals surface area contributed by atoms with Gasteiger partial charge in [-0.05, 0) is 43.5 Å². The molecular formula is C18H23ClN2O4S. The highest BCUT2D eigenvalue weighted by molar-refractivity contribution is 7.91. The number of likely N-dealkylation sites (N-methyl/N-ethyl adjacent to an activating group) is 1. The second-order valence-electron chi connectivity index (χ2n) is 6.45. The standard InChI is InChI=1S/C18H23ClN2O4S/c1-13(18(23)21(2)16-8-10-26(24,25)11-9-16)20-17(22)7-6-14-4-3-5-15(19)12-14/h3-7,12-13,16H,8-11H2,1-2H3,(H,20,22)/b7-6+/t13-/m1/s1. The number of rotatable bonds is 5. The Hall–Kier alpha value is -1.86. The van der Waals surface area contributed by atoms with Crippen molar-refractivity contribution in [2.75, 3.05) is 18.6 Å². The zero-order chi connectivity index (χ0) is 19.3. The van der Waals surface area contributed by atoms with Crippen LogP contribution >= 0.6 is 11.6 Å². The van der Waals surface area contributed by atoms with Crippen molar-refractivity contribution in [1.29, 1.82) is 0 Å². The molecule has 0 aromatic heterocycles. The van der Waals surface area contributed by atoms with Gasteiger partial charge < -0.3 is 10.2 Å². The maximum Gasteiger partial charge on any atom is 0.244 e. The maximum atomic E-state index is 12.5. The first-order valence-electron chi connectivity index (χ1n) is 8.39. The summed E-state index contributed by atoms with van der Waals surface area (Å²) >= 11 is 5.89. The van der Waals surface area contributed by atoms with Crippen molar-refractivity contribution < 1.29 is 18.0 Å². The summed E-state index contributed by atoms with van der Waals surface area (Å²) in [7, 11) is -1.33. The molecule has 1 aliphatic heterocycles. The predicted molar refractivity (Wildman–Crippen MR) is 103 cm³/mol. The molecule has 8 heteroatoms. The van der Waals surface area contributed by atoms with Crippen molar-refractivity contribution in [3.05, 3.63) is 40.9 Å². The van der Waals surface area contributed by atoms with E-state index in [0.29, 0.717) is 17.9 Å². The molecule has 1 saturated heterocycles. The summed E-state index contributed by atoms with van der Waals surface area (Å²) in [4.78, 5) is 26.0. The van der Waals surface area contributed by atoms with Gasteiger partial charge in [0.15, 0.2) is 0 Å². The topological polar surface area (TPSA) is 83.6 Å². The van der Waals surface area contributed by atoms with Crippen molar-refractivity contribution in [2.24, 2.45) is 0 Å². The van der Waals surface area contributed by atoms with E-state index in [0.717, 1.165) is 5.56 Å². The van der Waals surface area contributed by atoms with Gasteiger partial charge >= 0.3 is 0 Å². The molecule has 1 aliphatic rings. The number of hydrogen-bond acceptors (Lipinski definition) is 4.